The molecule has 0 radical (unpaired) electrons. The van der Waals surface area contributed by atoms with E-state index in [1.807, 2.05) is 6.07 Å². The zero-order valence-electron chi connectivity index (χ0n) is 14.4. The van der Waals surface area contributed by atoms with Crippen LogP contribution in [-0.4, -0.2) is 14.3 Å². The minimum atomic E-state index is -3.70. The van der Waals surface area contributed by atoms with Crippen molar-refractivity contribution in [3.63, 3.8) is 0 Å². The lowest BCUT2D eigenvalue weighted by Gasteiger charge is -2.11. The maximum atomic E-state index is 12.7. The Morgan fingerprint density at radius 2 is 1.74 bits per heavy atom. The van der Waals surface area contributed by atoms with Gasteiger partial charge in [0, 0.05) is 5.69 Å². The Hall–Kier alpha value is -3.06. The number of furan rings is 1. The molecule has 0 saturated carbocycles. The highest BCUT2D eigenvalue weighted by molar-refractivity contribution is 7.92. The number of fused-ring (bicyclic) bond motifs is 1. The smallest absolute Gasteiger partial charge is 0.291 e. The third kappa shape index (κ3) is 3.73. The largest absolute Gasteiger partial charge is 0.459 e. The molecule has 1 aliphatic carbocycles. The molecule has 0 fully saturated rings. The van der Waals surface area contributed by atoms with Gasteiger partial charge in [-0.1, -0.05) is 12.1 Å². The molecule has 0 unspecified atom stereocenters. The van der Waals surface area contributed by atoms with Crippen molar-refractivity contribution in [2.45, 2.75) is 24.2 Å². The van der Waals surface area contributed by atoms with E-state index in [1.54, 1.807) is 48.5 Å². The van der Waals surface area contributed by atoms with Crippen molar-refractivity contribution in [1.82, 2.24) is 0 Å². The average molecular weight is 382 g/mol. The third-order valence-corrected chi connectivity index (χ3v) is 5.88. The quantitative estimate of drug-likeness (QED) is 0.702. The summed E-state index contributed by atoms with van der Waals surface area (Å²) in [6.07, 6.45) is 4.38. The number of sulfonamides is 1. The lowest BCUT2D eigenvalue weighted by atomic mass is 10.1. The topological polar surface area (TPSA) is 88.4 Å². The third-order valence-electron chi connectivity index (χ3n) is 4.50. The Bertz CT molecular complexity index is 1090. The first-order valence-electron chi connectivity index (χ1n) is 8.61. The minimum absolute atomic E-state index is 0.180. The first kappa shape index (κ1) is 17.4. The fourth-order valence-corrected chi connectivity index (χ4v) is 4.29. The van der Waals surface area contributed by atoms with Crippen molar-refractivity contribution < 1.29 is 17.6 Å². The molecule has 2 N–H and O–H groups in total. The average Bonchev–Trinajstić information content (AvgIpc) is 3.33. The molecule has 3 aromatic rings. The van der Waals surface area contributed by atoms with Gasteiger partial charge in [0.15, 0.2) is 5.76 Å². The molecule has 27 heavy (non-hydrogen) atoms. The molecule has 1 amide bonds. The van der Waals surface area contributed by atoms with Crippen LogP contribution in [-0.2, 0) is 22.9 Å². The van der Waals surface area contributed by atoms with Crippen LogP contribution in [0.2, 0.25) is 0 Å². The molecule has 6 nitrogen and oxygen atoms in total. The van der Waals surface area contributed by atoms with Crippen molar-refractivity contribution in [2.75, 3.05) is 10.0 Å². The monoisotopic (exact) mass is 382 g/mol. The highest BCUT2D eigenvalue weighted by Gasteiger charge is 2.19. The van der Waals surface area contributed by atoms with Gasteiger partial charge in [-0.3, -0.25) is 9.52 Å². The molecule has 1 heterocycles. The van der Waals surface area contributed by atoms with Gasteiger partial charge in [0.2, 0.25) is 0 Å². The minimum Gasteiger partial charge on any atom is -0.459 e. The zero-order chi connectivity index (χ0) is 18.9. The summed E-state index contributed by atoms with van der Waals surface area (Å²) in [5, 5.41) is 2.68. The maximum absolute atomic E-state index is 12.7. The van der Waals surface area contributed by atoms with Crippen LogP contribution < -0.4 is 10.0 Å². The summed E-state index contributed by atoms with van der Waals surface area (Å²) in [6.45, 7) is 0. The summed E-state index contributed by atoms with van der Waals surface area (Å²) in [6, 6.07) is 15.0. The van der Waals surface area contributed by atoms with Gasteiger partial charge in [-0.25, -0.2) is 8.42 Å². The highest BCUT2D eigenvalue weighted by atomic mass is 32.2. The van der Waals surface area contributed by atoms with Gasteiger partial charge in [-0.05, 0) is 72.9 Å². The fourth-order valence-electron chi connectivity index (χ4n) is 3.19. The van der Waals surface area contributed by atoms with Crippen molar-refractivity contribution in [1.29, 1.82) is 0 Å². The van der Waals surface area contributed by atoms with E-state index in [-0.39, 0.29) is 10.7 Å². The Morgan fingerprint density at radius 1 is 0.926 bits per heavy atom. The number of carbonyl (C=O) groups is 1. The predicted octanol–water partition coefficient (Wildman–Crippen LogP) is 3.82. The van der Waals surface area contributed by atoms with E-state index < -0.39 is 15.9 Å². The summed E-state index contributed by atoms with van der Waals surface area (Å²) in [4.78, 5) is 12.3. The number of hydrogen-bond acceptors (Lipinski definition) is 4. The fraction of sp³-hybridized carbons (Fsp3) is 0.150. The maximum Gasteiger partial charge on any atom is 0.291 e. The van der Waals surface area contributed by atoms with Crippen LogP contribution in [0.3, 0.4) is 0 Å². The SMILES string of the molecule is O=C(Nc1cccc(NS(=O)(=O)c2ccc3c(c2)CCC3)c1)c1ccco1. The molecule has 2 aromatic carbocycles. The number of anilines is 2. The van der Waals surface area contributed by atoms with E-state index in [0.29, 0.717) is 11.4 Å². The van der Waals surface area contributed by atoms with Gasteiger partial charge in [0.25, 0.3) is 15.9 Å². The predicted molar refractivity (Wildman–Crippen MR) is 102 cm³/mol. The van der Waals surface area contributed by atoms with E-state index >= 15 is 0 Å². The first-order valence-corrected chi connectivity index (χ1v) is 10.1. The number of carbonyl (C=O) groups excluding carboxylic acids is 1. The number of hydrogen-bond donors (Lipinski definition) is 2. The van der Waals surface area contributed by atoms with Crippen molar-refractivity contribution in [2.24, 2.45) is 0 Å². The Morgan fingerprint density at radius 3 is 2.56 bits per heavy atom. The van der Waals surface area contributed by atoms with Crippen LogP contribution in [0.5, 0.6) is 0 Å². The van der Waals surface area contributed by atoms with Gasteiger partial charge in [0.05, 0.1) is 16.8 Å². The van der Waals surface area contributed by atoms with Crippen molar-refractivity contribution >= 4 is 27.3 Å². The summed E-state index contributed by atoms with van der Waals surface area (Å²) in [7, 11) is -3.70. The highest BCUT2D eigenvalue weighted by Crippen LogP contribution is 2.26. The second-order valence-corrected chi connectivity index (χ2v) is 8.08. The van der Waals surface area contributed by atoms with Gasteiger partial charge in [-0.15, -0.1) is 0 Å². The number of aryl methyl sites for hydroxylation is 2. The number of benzene rings is 2. The zero-order valence-corrected chi connectivity index (χ0v) is 15.3. The number of nitrogens with one attached hydrogen (secondary N) is 2. The Kier molecular flexibility index (Phi) is 4.45. The molecule has 0 aliphatic heterocycles. The molecular weight excluding hydrogens is 364 g/mol. The molecule has 4 rings (SSSR count). The van der Waals surface area contributed by atoms with Crippen LogP contribution in [0.25, 0.3) is 0 Å². The summed E-state index contributed by atoms with van der Waals surface area (Å²) in [5.74, 6) is -0.224. The standard InChI is InChI=1S/C20H18N2O4S/c23-20(19-8-3-11-26-19)21-16-6-2-7-17(13-16)22-27(24,25)18-10-9-14-4-1-5-15(14)12-18/h2-3,6-13,22H,1,4-5H2,(H,21,23). The first-order chi connectivity index (χ1) is 13.0. The lowest BCUT2D eigenvalue weighted by Crippen LogP contribution is -2.14. The van der Waals surface area contributed by atoms with Crippen LogP contribution in [0.15, 0.2) is 70.2 Å². The van der Waals surface area contributed by atoms with Crippen molar-refractivity contribution in [3.05, 3.63) is 77.7 Å². The van der Waals surface area contributed by atoms with E-state index in [2.05, 4.69) is 10.0 Å². The van der Waals surface area contributed by atoms with Crippen LogP contribution in [0.4, 0.5) is 11.4 Å². The second-order valence-electron chi connectivity index (χ2n) is 6.40. The van der Waals surface area contributed by atoms with Gasteiger partial charge < -0.3 is 9.73 Å². The Labute approximate surface area is 157 Å². The Balaban J connectivity index is 1.53. The normalized spacial score (nSPS) is 13.2. The van der Waals surface area contributed by atoms with Crippen LogP contribution in [0.1, 0.15) is 28.1 Å². The molecule has 0 spiro atoms. The van der Waals surface area contributed by atoms with Crippen LogP contribution >= 0.6 is 0 Å². The molecule has 0 saturated heterocycles. The van der Waals surface area contributed by atoms with Gasteiger partial charge in [-0.2, -0.15) is 0 Å². The molecule has 138 valence electrons. The number of amides is 1. The molecule has 7 heteroatoms. The van der Waals surface area contributed by atoms with Gasteiger partial charge in [0.1, 0.15) is 0 Å². The molecular formula is C20H18N2O4S. The summed E-state index contributed by atoms with van der Waals surface area (Å²) in [5.41, 5.74) is 3.15. The summed E-state index contributed by atoms with van der Waals surface area (Å²) >= 11 is 0. The molecule has 0 bridgehead atoms. The second kappa shape index (κ2) is 6.92. The van der Waals surface area contributed by atoms with Crippen molar-refractivity contribution in [3.8, 4) is 0 Å². The number of rotatable bonds is 5. The molecule has 0 atom stereocenters. The summed E-state index contributed by atoms with van der Waals surface area (Å²) < 4.78 is 33.0. The molecule has 1 aliphatic rings. The molecule has 1 aromatic heterocycles. The van der Waals surface area contributed by atoms with Gasteiger partial charge >= 0.3 is 0 Å². The van der Waals surface area contributed by atoms with E-state index in [0.717, 1.165) is 24.8 Å². The van der Waals surface area contributed by atoms with E-state index in [9.17, 15) is 13.2 Å². The van der Waals surface area contributed by atoms with E-state index in [4.69, 9.17) is 4.42 Å². The van der Waals surface area contributed by atoms with Crippen LogP contribution in [0, 0.1) is 0 Å². The lowest BCUT2D eigenvalue weighted by molar-refractivity contribution is 0.0996. The van der Waals surface area contributed by atoms with E-state index in [1.165, 1.54) is 11.8 Å².